The number of rotatable bonds is 7. The summed E-state index contributed by atoms with van der Waals surface area (Å²) in [5.41, 5.74) is 5.41. The molecule has 35 heavy (non-hydrogen) atoms. The number of carbonyl (C=O) groups is 4. The smallest absolute Gasteiger partial charge is 0.407 e. The van der Waals surface area contributed by atoms with Crippen LogP contribution in [0.5, 0.6) is 0 Å². The van der Waals surface area contributed by atoms with Crippen LogP contribution in [0.2, 0.25) is 5.82 Å². The lowest BCUT2D eigenvalue weighted by molar-refractivity contribution is -0.140. The number of hydrogen-bond donors (Lipinski definition) is 5. The van der Waals surface area contributed by atoms with E-state index in [1.807, 2.05) is 0 Å². The minimum Gasteiger partial charge on any atom is -0.450 e. The Morgan fingerprint density at radius 3 is 2.83 bits per heavy atom. The third-order valence-corrected chi connectivity index (χ3v) is 6.01. The Bertz CT molecular complexity index is 741. The molecule has 2 saturated heterocycles. The minimum absolute atomic E-state index is 0.0971. The quantitative estimate of drug-likeness (QED) is 0.173. The largest absolute Gasteiger partial charge is 0.450 e. The average Bonchev–Trinajstić information content (AvgIpc) is 3.34. The molecule has 195 valence electrons. The summed E-state index contributed by atoms with van der Waals surface area (Å²) in [4.78, 5) is 52.2. The van der Waals surface area contributed by atoms with Gasteiger partial charge in [-0.1, -0.05) is 6.08 Å². The molecule has 2 heterocycles. The number of aliphatic hydroxyl groups excluding tert-OH is 1. The van der Waals surface area contributed by atoms with E-state index in [4.69, 9.17) is 15.1 Å². The van der Waals surface area contributed by atoms with E-state index in [0.717, 1.165) is 0 Å². The molecule has 4 amide bonds. The Labute approximate surface area is 206 Å². The van der Waals surface area contributed by atoms with Crippen molar-refractivity contribution in [3.63, 3.8) is 0 Å². The highest BCUT2D eigenvalue weighted by molar-refractivity contribution is 6.37. The van der Waals surface area contributed by atoms with Crippen LogP contribution in [0, 0.1) is 0 Å². The fraction of sp³-hybridized carbons (Fsp3) is 0.727. The van der Waals surface area contributed by atoms with Gasteiger partial charge < -0.3 is 41.1 Å². The van der Waals surface area contributed by atoms with Gasteiger partial charge >= 0.3 is 13.6 Å². The molecule has 4 atom stereocenters. The second-order valence-electron chi connectivity index (χ2n) is 8.56. The number of cyclic esters (lactones) is 1. The van der Waals surface area contributed by atoms with Crippen LogP contribution in [-0.4, -0.2) is 92.5 Å². The van der Waals surface area contributed by atoms with Crippen molar-refractivity contribution in [3.8, 4) is 0 Å². The van der Waals surface area contributed by atoms with Crippen molar-refractivity contribution in [3.05, 3.63) is 12.7 Å². The molecule has 6 N–H and O–H groups in total. The molecule has 12 nitrogen and oxygen atoms in total. The maximum absolute atomic E-state index is 13.3. The molecule has 0 aromatic carbocycles. The lowest BCUT2D eigenvalue weighted by Gasteiger charge is -2.30. The molecule has 1 unspecified atom stereocenters. The SMILES string of the molecule is C=CCNC(=O)C(O)[C@@H]1CCCCNC(=O)OCCC[C@H]([B]OCN)C(=O)N2CCC[C@H]2C(=O)N1. The van der Waals surface area contributed by atoms with Gasteiger partial charge in [0.15, 0.2) is 6.10 Å². The van der Waals surface area contributed by atoms with Crippen LogP contribution >= 0.6 is 0 Å². The van der Waals surface area contributed by atoms with Crippen molar-refractivity contribution < 1.29 is 33.7 Å². The van der Waals surface area contributed by atoms with Crippen molar-refractivity contribution in [1.82, 2.24) is 20.9 Å². The van der Waals surface area contributed by atoms with E-state index in [-0.39, 0.29) is 25.8 Å². The third-order valence-electron chi connectivity index (χ3n) is 6.01. The maximum Gasteiger partial charge on any atom is 0.407 e. The minimum atomic E-state index is -1.48. The topological polar surface area (TPSA) is 172 Å². The molecule has 2 aliphatic rings. The number of hydrogen-bond acceptors (Lipinski definition) is 8. The van der Waals surface area contributed by atoms with E-state index in [1.54, 1.807) is 0 Å². The van der Waals surface area contributed by atoms with E-state index in [1.165, 1.54) is 18.5 Å². The molecule has 2 aliphatic heterocycles. The molecule has 1 radical (unpaired) electrons. The van der Waals surface area contributed by atoms with E-state index in [0.29, 0.717) is 58.0 Å². The summed E-state index contributed by atoms with van der Waals surface area (Å²) >= 11 is 0. The van der Waals surface area contributed by atoms with Gasteiger partial charge in [-0.15, -0.1) is 6.58 Å². The molecule has 2 fully saturated rings. The molecule has 0 aromatic rings. The lowest BCUT2D eigenvalue weighted by atomic mass is 9.75. The van der Waals surface area contributed by atoms with Crippen LogP contribution in [0.25, 0.3) is 0 Å². The van der Waals surface area contributed by atoms with Crippen LogP contribution in [0.1, 0.15) is 44.9 Å². The summed E-state index contributed by atoms with van der Waals surface area (Å²) < 4.78 is 10.3. The maximum atomic E-state index is 13.3. The fourth-order valence-corrected chi connectivity index (χ4v) is 4.18. The highest BCUT2D eigenvalue weighted by Crippen LogP contribution is 2.25. The number of alkyl carbamates (subject to hydrolysis) is 1. The molecule has 0 spiro atoms. The van der Waals surface area contributed by atoms with Crippen molar-refractivity contribution in [1.29, 1.82) is 0 Å². The van der Waals surface area contributed by atoms with E-state index in [2.05, 4.69) is 22.5 Å². The first-order valence-electron chi connectivity index (χ1n) is 12.1. The molecule has 0 aliphatic carbocycles. The number of carbonyl (C=O) groups excluding carboxylic acids is 4. The number of nitrogens with zero attached hydrogens (tertiary/aromatic N) is 1. The molecule has 0 saturated carbocycles. The predicted molar refractivity (Wildman–Crippen MR) is 128 cm³/mol. The van der Waals surface area contributed by atoms with Crippen molar-refractivity contribution in [2.45, 2.75) is 69.0 Å². The highest BCUT2D eigenvalue weighted by Gasteiger charge is 2.39. The van der Waals surface area contributed by atoms with Gasteiger partial charge in [-0.2, -0.15) is 0 Å². The number of fused-ring (bicyclic) bond motifs is 1. The average molecular weight is 494 g/mol. The monoisotopic (exact) mass is 494 g/mol. The predicted octanol–water partition coefficient (Wildman–Crippen LogP) is -0.844. The molecule has 0 aromatic heterocycles. The third kappa shape index (κ3) is 9.15. The standard InChI is InChI=1S/C22H37BN5O7/c1-2-10-25-20(31)18(29)16-8-3-4-11-26-22(33)34-13-6-7-15(23-35-14-24)21(32)28-12-5-9-17(28)19(30)27-16/h2,15-18,29H,1,3-14,24H2,(H,25,31)(H,26,33)(H,27,30)/t15-,16-,17-,18?/m0/s1. The number of aliphatic hydroxyl groups is 1. The molecule has 2 rings (SSSR count). The van der Waals surface area contributed by atoms with E-state index in [9.17, 15) is 24.3 Å². The first kappa shape index (κ1) is 28.6. The van der Waals surface area contributed by atoms with E-state index >= 15 is 0 Å². The Kier molecular flexibility index (Phi) is 12.6. The second-order valence-corrected chi connectivity index (χ2v) is 8.56. The Morgan fingerprint density at radius 1 is 1.29 bits per heavy atom. The molecular weight excluding hydrogens is 457 g/mol. The number of amides is 4. The first-order valence-corrected chi connectivity index (χ1v) is 12.1. The number of ether oxygens (including phenoxy) is 1. The Morgan fingerprint density at radius 2 is 2.09 bits per heavy atom. The molecule has 0 bridgehead atoms. The summed E-state index contributed by atoms with van der Waals surface area (Å²) in [6.07, 6.45) is 2.71. The van der Waals surface area contributed by atoms with Gasteiger partial charge in [-0.05, 0) is 44.9 Å². The van der Waals surface area contributed by atoms with Gasteiger partial charge in [-0.25, -0.2) is 4.79 Å². The first-order chi connectivity index (χ1) is 16.9. The fourth-order valence-electron chi connectivity index (χ4n) is 4.18. The lowest BCUT2D eigenvalue weighted by Crippen LogP contribution is -2.55. The van der Waals surface area contributed by atoms with Crippen LogP contribution in [0.15, 0.2) is 12.7 Å². The summed E-state index contributed by atoms with van der Waals surface area (Å²) in [5, 5.41) is 18.6. The Hall–Kier alpha value is -2.64. The summed E-state index contributed by atoms with van der Waals surface area (Å²) in [7, 11) is 1.36. The highest BCUT2D eigenvalue weighted by atomic mass is 16.5. The zero-order valence-electron chi connectivity index (χ0n) is 20.1. The normalized spacial score (nSPS) is 25.8. The van der Waals surface area contributed by atoms with Crippen LogP contribution in [0.3, 0.4) is 0 Å². The van der Waals surface area contributed by atoms with Crippen molar-refractivity contribution >= 4 is 31.3 Å². The van der Waals surface area contributed by atoms with Gasteiger partial charge in [-0.3, -0.25) is 14.4 Å². The van der Waals surface area contributed by atoms with Gasteiger partial charge in [0, 0.05) is 25.5 Å². The Balaban J connectivity index is 2.20. The zero-order chi connectivity index (χ0) is 25.6. The molecule has 13 heteroatoms. The van der Waals surface area contributed by atoms with E-state index < -0.39 is 41.9 Å². The van der Waals surface area contributed by atoms with Gasteiger partial charge in [0.2, 0.25) is 11.8 Å². The van der Waals surface area contributed by atoms with Crippen LogP contribution in [0.4, 0.5) is 4.79 Å². The second kappa shape index (κ2) is 15.4. The van der Waals surface area contributed by atoms with Crippen LogP contribution < -0.4 is 21.7 Å². The summed E-state index contributed by atoms with van der Waals surface area (Å²) in [6.45, 7) is 4.48. The number of nitrogens with one attached hydrogen (secondary N) is 3. The van der Waals surface area contributed by atoms with Crippen LogP contribution in [-0.2, 0) is 23.8 Å². The van der Waals surface area contributed by atoms with Gasteiger partial charge in [0.1, 0.15) is 6.04 Å². The summed E-state index contributed by atoms with van der Waals surface area (Å²) in [6, 6.07) is -1.59. The van der Waals surface area contributed by atoms with Gasteiger partial charge in [0.25, 0.3) is 5.91 Å². The summed E-state index contributed by atoms with van der Waals surface area (Å²) in [5.74, 6) is -2.00. The van der Waals surface area contributed by atoms with Gasteiger partial charge in [0.05, 0.1) is 19.4 Å². The zero-order valence-corrected chi connectivity index (χ0v) is 20.1. The number of nitrogens with two attached hydrogens (primary N) is 1. The molecular formula is C22H37BN5O7. The van der Waals surface area contributed by atoms with Crippen molar-refractivity contribution in [2.24, 2.45) is 5.73 Å². The van der Waals surface area contributed by atoms with Crippen molar-refractivity contribution in [2.75, 3.05) is 33.0 Å².